The van der Waals surface area contributed by atoms with Crippen molar-refractivity contribution in [3.05, 3.63) is 35.8 Å². The summed E-state index contributed by atoms with van der Waals surface area (Å²) in [5, 5.41) is 6.82. The molecule has 0 aromatic carbocycles. The summed E-state index contributed by atoms with van der Waals surface area (Å²) in [6, 6.07) is 3.07. The maximum Gasteiger partial charge on any atom is 0.449 e. The maximum absolute atomic E-state index is 13.0. The highest BCUT2D eigenvalue weighted by molar-refractivity contribution is 6.40. The molecule has 1 unspecified atom stereocenters. The fourth-order valence-corrected chi connectivity index (χ4v) is 3.12. The van der Waals surface area contributed by atoms with Crippen molar-refractivity contribution in [2.24, 2.45) is 15.7 Å². The molecule has 0 bridgehead atoms. The van der Waals surface area contributed by atoms with E-state index in [2.05, 4.69) is 25.4 Å². The van der Waals surface area contributed by atoms with Gasteiger partial charge in [0.15, 0.2) is 0 Å². The van der Waals surface area contributed by atoms with Gasteiger partial charge < -0.3 is 11.1 Å². The Bertz CT molecular complexity index is 1070. The number of aliphatic imine (C=N–C) groups is 2. The van der Waals surface area contributed by atoms with Crippen molar-refractivity contribution in [3.8, 4) is 11.3 Å². The minimum absolute atomic E-state index is 0.178. The van der Waals surface area contributed by atoms with Gasteiger partial charge in [-0.25, -0.2) is 4.99 Å². The topological polar surface area (TPSA) is 111 Å². The van der Waals surface area contributed by atoms with Crippen molar-refractivity contribution in [2.75, 3.05) is 7.05 Å². The van der Waals surface area contributed by atoms with Crippen LogP contribution in [0.15, 0.2) is 34.4 Å². The molecule has 3 heterocycles. The van der Waals surface area contributed by atoms with Gasteiger partial charge in [0.1, 0.15) is 5.69 Å². The van der Waals surface area contributed by atoms with Gasteiger partial charge >= 0.3 is 12.4 Å². The molecule has 2 aromatic heterocycles. The molecule has 1 atom stereocenters. The number of hydrogen-bond donors (Lipinski definition) is 2. The quantitative estimate of drug-likeness (QED) is 0.407. The van der Waals surface area contributed by atoms with Gasteiger partial charge in [0.2, 0.25) is 11.7 Å². The van der Waals surface area contributed by atoms with Crippen molar-refractivity contribution in [1.82, 2.24) is 20.1 Å². The Kier molecular flexibility index (Phi) is 6.23. The predicted molar refractivity (Wildman–Crippen MR) is 102 cm³/mol. The second kappa shape index (κ2) is 8.59. The molecule has 14 heteroatoms. The summed E-state index contributed by atoms with van der Waals surface area (Å²) < 4.78 is 78.2. The summed E-state index contributed by atoms with van der Waals surface area (Å²) in [6.45, 7) is 0.451. The van der Waals surface area contributed by atoms with Gasteiger partial charge in [-0.1, -0.05) is 0 Å². The lowest BCUT2D eigenvalue weighted by atomic mass is 10.0. The predicted octanol–water partition coefficient (Wildman–Crippen LogP) is 2.86. The smallest absolute Gasteiger partial charge is 0.380 e. The third-order valence-corrected chi connectivity index (χ3v) is 4.61. The highest BCUT2D eigenvalue weighted by atomic mass is 19.4. The van der Waals surface area contributed by atoms with E-state index in [0.29, 0.717) is 25.1 Å². The average Bonchev–Trinajstić information content (AvgIpc) is 3.16. The monoisotopic (exact) mass is 461 g/mol. The number of nitrogens with two attached hydrogens (primary N) is 1. The van der Waals surface area contributed by atoms with Crippen LogP contribution in [-0.2, 0) is 17.5 Å². The fraction of sp³-hybridized carbons (Fsp3) is 0.389. The van der Waals surface area contributed by atoms with Gasteiger partial charge in [-0.3, -0.25) is 19.5 Å². The number of amides is 1. The van der Waals surface area contributed by atoms with Gasteiger partial charge in [-0.2, -0.15) is 31.4 Å². The third-order valence-electron chi connectivity index (χ3n) is 4.61. The van der Waals surface area contributed by atoms with E-state index >= 15 is 0 Å². The molecule has 8 nitrogen and oxygen atoms in total. The zero-order valence-corrected chi connectivity index (χ0v) is 16.5. The Morgan fingerprint density at radius 1 is 1.25 bits per heavy atom. The van der Waals surface area contributed by atoms with Crippen LogP contribution in [0.3, 0.4) is 0 Å². The lowest BCUT2D eigenvalue weighted by Crippen LogP contribution is -2.39. The van der Waals surface area contributed by atoms with E-state index in [1.807, 2.05) is 0 Å². The number of carbonyl (C=O) groups is 1. The minimum atomic E-state index is -4.92. The van der Waals surface area contributed by atoms with Crippen LogP contribution in [0.5, 0.6) is 0 Å². The lowest BCUT2D eigenvalue weighted by molar-refractivity contribution is -0.141. The molecule has 172 valence electrons. The van der Waals surface area contributed by atoms with Crippen LogP contribution in [0.25, 0.3) is 11.3 Å². The number of carbonyl (C=O) groups excluding carboxylic acids is 1. The molecule has 2 aromatic rings. The van der Waals surface area contributed by atoms with E-state index in [1.54, 1.807) is 0 Å². The molecular formula is C18H17F6N7O. The number of aryl methyl sites for hydroxylation is 1. The van der Waals surface area contributed by atoms with E-state index in [4.69, 9.17) is 5.73 Å². The van der Waals surface area contributed by atoms with Gasteiger partial charge in [0.05, 0.1) is 17.4 Å². The van der Waals surface area contributed by atoms with Gasteiger partial charge in [0.25, 0.3) is 5.91 Å². The zero-order valence-electron chi connectivity index (χ0n) is 16.5. The number of rotatable bonds is 2. The molecule has 0 radical (unpaired) electrons. The zero-order chi connectivity index (χ0) is 23.7. The Hall–Kier alpha value is -3.45. The molecule has 3 N–H and O–H groups in total. The second-order valence-electron chi connectivity index (χ2n) is 6.82. The Labute approximate surface area is 177 Å². The minimum Gasteiger partial charge on any atom is -0.380 e. The van der Waals surface area contributed by atoms with Crippen LogP contribution in [0.2, 0.25) is 0 Å². The summed E-state index contributed by atoms with van der Waals surface area (Å²) in [5.74, 6) is -3.47. The molecule has 0 fully saturated rings. The van der Waals surface area contributed by atoms with Crippen molar-refractivity contribution in [3.63, 3.8) is 0 Å². The lowest BCUT2D eigenvalue weighted by Gasteiger charge is -2.24. The molecule has 1 aliphatic heterocycles. The van der Waals surface area contributed by atoms with Crippen LogP contribution in [-0.4, -0.2) is 45.6 Å². The SMILES string of the molecule is CN=C(N=C(N)C(F)(F)F)C(=O)NC1CCCn2nc(-c3ccnc(C(F)(F)F)c3)cc21. The van der Waals surface area contributed by atoms with Crippen LogP contribution in [0.4, 0.5) is 26.3 Å². The fourth-order valence-electron chi connectivity index (χ4n) is 3.12. The molecular weight excluding hydrogens is 444 g/mol. The number of nitrogens with one attached hydrogen (secondary N) is 1. The number of fused-ring (bicyclic) bond motifs is 1. The van der Waals surface area contributed by atoms with Gasteiger partial charge in [-0.15, -0.1) is 0 Å². The first kappa shape index (κ1) is 23.2. The Morgan fingerprint density at radius 3 is 2.59 bits per heavy atom. The van der Waals surface area contributed by atoms with E-state index in [0.717, 1.165) is 19.3 Å². The molecule has 0 aliphatic carbocycles. The Balaban J connectivity index is 1.85. The Morgan fingerprint density at radius 2 is 1.97 bits per heavy atom. The highest BCUT2D eigenvalue weighted by Gasteiger charge is 2.35. The van der Waals surface area contributed by atoms with Crippen molar-refractivity contribution in [2.45, 2.75) is 37.8 Å². The van der Waals surface area contributed by atoms with Crippen molar-refractivity contribution < 1.29 is 31.1 Å². The van der Waals surface area contributed by atoms with Crippen molar-refractivity contribution >= 4 is 17.6 Å². The molecule has 1 aliphatic rings. The number of amidine groups is 2. The van der Waals surface area contributed by atoms with Crippen molar-refractivity contribution in [1.29, 1.82) is 0 Å². The first-order valence-corrected chi connectivity index (χ1v) is 9.20. The average molecular weight is 461 g/mol. The van der Waals surface area contributed by atoms with E-state index in [9.17, 15) is 31.1 Å². The van der Waals surface area contributed by atoms with Crippen LogP contribution in [0, 0.1) is 0 Å². The van der Waals surface area contributed by atoms with Crippen LogP contribution < -0.4 is 11.1 Å². The normalized spacial score (nSPS) is 17.8. The maximum atomic E-state index is 13.0. The number of nitrogens with zero attached hydrogens (tertiary/aromatic N) is 5. The first-order valence-electron chi connectivity index (χ1n) is 9.20. The number of pyridine rings is 1. The summed E-state index contributed by atoms with van der Waals surface area (Å²) in [4.78, 5) is 22.2. The number of aromatic nitrogens is 3. The molecule has 1 amide bonds. The van der Waals surface area contributed by atoms with Gasteiger partial charge in [-0.05, 0) is 31.0 Å². The highest BCUT2D eigenvalue weighted by Crippen LogP contribution is 2.32. The van der Waals surface area contributed by atoms with E-state index < -0.39 is 41.7 Å². The van der Waals surface area contributed by atoms with Crippen LogP contribution in [0.1, 0.15) is 30.3 Å². The standard InChI is InChI=1S/C18H17F6N7O/c1-26-14(29-16(25)18(22,23)24)15(32)28-10-3-2-6-31-12(10)8-11(30-31)9-4-5-27-13(7-9)17(19,20)21/h4-5,7-8,10H,2-3,6H2,1H3,(H,28,32)(H2,25,26,29). The molecule has 0 saturated heterocycles. The molecule has 0 saturated carbocycles. The summed E-state index contributed by atoms with van der Waals surface area (Å²) in [5.41, 5.74) is 4.67. The molecule has 3 rings (SSSR count). The summed E-state index contributed by atoms with van der Waals surface area (Å²) >= 11 is 0. The molecule has 0 spiro atoms. The van der Waals surface area contributed by atoms with E-state index in [1.165, 1.54) is 16.8 Å². The largest absolute Gasteiger partial charge is 0.449 e. The first-order chi connectivity index (χ1) is 14.9. The second-order valence-corrected chi connectivity index (χ2v) is 6.82. The summed E-state index contributed by atoms with van der Waals surface area (Å²) in [7, 11) is 1.09. The number of halogens is 6. The number of alkyl halides is 6. The molecule has 32 heavy (non-hydrogen) atoms. The van der Waals surface area contributed by atoms with E-state index in [-0.39, 0.29) is 11.3 Å². The summed E-state index contributed by atoms with van der Waals surface area (Å²) in [6.07, 6.45) is -7.54. The van der Waals surface area contributed by atoms with Crippen LogP contribution >= 0.6 is 0 Å². The number of hydrogen-bond acceptors (Lipinski definition) is 4. The third kappa shape index (κ3) is 5.06. The van der Waals surface area contributed by atoms with Gasteiger partial charge in [0, 0.05) is 25.4 Å².